The van der Waals surface area contributed by atoms with Gasteiger partial charge in [0.15, 0.2) is 5.78 Å². The molecule has 0 N–H and O–H groups in total. The van der Waals surface area contributed by atoms with Gasteiger partial charge >= 0.3 is 0 Å². The van der Waals surface area contributed by atoms with Crippen LogP contribution in [0.3, 0.4) is 0 Å². The summed E-state index contributed by atoms with van der Waals surface area (Å²) in [4.78, 5) is 14.6. The van der Waals surface area contributed by atoms with Gasteiger partial charge in [-0.05, 0) is 73.0 Å². The van der Waals surface area contributed by atoms with Crippen molar-refractivity contribution in [3.8, 4) is 0 Å². The number of halogens is 1. The Morgan fingerprint density at radius 3 is 2.70 bits per heavy atom. The second-order valence-electron chi connectivity index (χ2n) is 5.79. The molecule has 1 aliphatic heterocycles. The molecule has 1 aliphatic rings. The van der Waals surface area contributed by atoms with Gasteiger partial charge in [-0.2, -0.15) is 0 Å². The monoisotopic (exact) mass is 385 g/mol. The van der Waals surface area contributed by atoms with Gasteiger partial charge in [0.05, 0.1) is 6.54 Å². The second-order valence-corrected chi connectivity index (χ2v) is 7.04. The Kier molecular flexibility index (Phi) is 6.49. The summed E-state index contributed by atoms with van der Waals surface area (Å²) in [6.45, 7) is 5.01. The van der Waals surface area contributed by atoms with Crippen LogP contribution >= 0.6 is 22.6 Å². The summed E-state index contributed by atoms with van der Waals surface area (Å²) in [6.07, 6.45) is 6.46. The number of ketones is 1. The smallest absolute Gasteiger partial charge is 0.176 e. The quantitative estimate of drug-likeness (QED) is 0.554. The highest BCUT2D eigenvalue weighted by Gasteiger charge is 2.18. The fourth-order valence-electron chi connectivity index (χ4n) is 3.01. The first-order valence-electron chi connectivity index (χ1n) is 7.70. The number of Topliss-reactive ketones (excluding diaryl/α,β-unsaturated/α-hetero) is 1. The molecule has 2 nitrogen and oxygen atoms in total. The van der Waals surface area contributed by atoms with Crippen molar-refractivity contribution in [3.63, 3.8) is 0 Å². The number of likely N-dealkylation sites (tertiary alicyclic amines) is 1. The van der Waals surface area contributed by atoms with E-state index in [1.807, 2.05) is 24.3 Å². The normalized spacial score (nSPS) is 20.6. The molecular weight excluding hydrogens is 361 g/mol. The molecule has 1 atom stereocenters. The van der Waals surface area contributed by atoms with Crippen molar-refractivity contribution in [2.75, 3.05) is 19.6 Å². The lowest BCUT2D eigenvalue weighted by atomic mass is 9.96. The van der Waals surface area contributed by atoms with Crippen LogP contribution in [0.4, 0.5) is 0 Å². The predicted molar refractivity (Wildman–Crippen MR) is 92.2 cm³/mol. The molecule has 1 fully saturated rings. The zero-order valence-electron chi connectivity index (χ0n) is 12.3. The predicted octanol–water partition coefficient (Wildman–Crippen LogP) is 4.38. The van der Waals surface area contributed by atoms with Gasteiger partial charge in [0.25, 0.3) is 0 Å². The Hall–Kier alpha value is -0.420. The van der Waals surface area contributed by atoms with E-state index in [0.717, 1.165) is 24.6 Å². The van der Waals surface area contributed by atoms with E-state index in [9.17, 15) is 4.79 Å². The van der Waals surface area contributed by atoms with Gasteiger partial charge in [-0.15, -0.1) is 0 Å². The molecule has 1 heterocycles. The zero-order valence-corrected chi connectivity index (χ0v) is 14.4. The van der Waals surface area contributed by atoms with Crippen LogP contribution in [-0.4, -0.2) is 30.3 Å². The molecule has 1 unspecified atom stereocenters. The molecule has 0 saturated carbocycles. The lowest BCUT2D eigenvalue weighted by Crippen LogP contribution is -2.31. The summed E-state index contributed by atoms with van der Waals surface area (Å²) in [7, 11) is 0. The van der Waals surface area contributed by atoms with E-state index in [1.165, 1.54) is 35.7 Å². The number of rotatable bonds is 5. The minimum absolute atomic E-state index is 0.260. The first-order chi connectivity index (χ1) is 9.69. The molecule has 1 aromatic carbocycles. The highest BCUT2D eigenvalue weighted by molar-refractivity contribution is 14.1. The van der Waals surface area contributed by atoms with Crippen molar-refractivity contribution < 1.29 is 4.79 Å². The van der Waals surface area contributed by atoms with Crippen LogP contribution in [0.15, 0.2) is 24.3 Å². The van der Waals surface area contributed by atoms with Crippen LogP contribution in [0.25, 0.3) is 0 Å². The van der Waals surface area contributed by atoms with Gasteiger partial charge < -0.3 is 0 Å². The molecule has 0 amide bonds. The van der Waals surface area contributed by atoms with Crippen LogP contribution < -0.4 is 0 Å². The van der Waals surface area contributed by atoms with E-state index in [4.69, 9.17) is 0 Å². The molecule has 1 aromatic rings. The Morgan fingerprint density at radius 2 is 2.00 bits per heavy atom. The van der Waals surface area contributed by atoms with E-state index >= 15 is 0 Å². The molecule has 0 aromatic heterocycles. The lowest BCUT2D eigenvalue weighted by Gasteiger charge is -2.19. The van der Waals surface area contributed by atoms with E-state index in [1.54, 1.807) is 0 Å². The lowest BCUT2D eigenvalue weighted by molar-refractivity contribution is 0.0932. The van der Waals surface area contributed by atoms with E-state index < -0.39 is 0 Å². The summed E-state index contributed by atoms with van der Waals surface area (Å²) >= 11 is 2.27. The minimum atomic E-state index is 0.260. The van der Waals surface area contributed by atoms with Crippen molar-refractivity contribution in [2.24, 2.45) is 5.92 Å². The maximum Gasteiger partial charge on any atom is 0.176 e. The minimum Gasteiger partial charge on any atom is -0.296 e. The van der Waals surface area contributed by atoms with Gasteiger partial charge in [0.1, 0.15) is 0 Å². The van der Waals surface area contributed by atoms with Crippen molar-refractivity contribution in [2.45, 2.75) is 39.0 Å². The topological polar surface area (TPSA) is 20.3 Å². The van der Waals surface area contributed by atoms with Crippen molar-refractivity contribution in [1.82, 2.24) is 4.90 Å². The van der Waals surface area contributed by atoms with Crippen LogP contribution in [0.1, 0.15) is 49.4 Å². The average Bonchev–Trinajstić information content (AvgIpc) is 2.66. The highest BCUT2D eigenvalue weighted by atomic mass is 127. The van der Waals surface area contributed by atoms with Gasteiger partial charge in [-0.3, -0.25) is 9.69 Å². The number of benzene rings is 1. The number of carbonyl (C=O) groups excluding carboxylic acids is 1. The molecule has 0 bridgehead atoms. The molecule has 3 heteroatoms. The van der Waals surface area contributed by atoms with Crippen LogP contribution in [0.5, 0.6) is 0 Å². The summed E-state index contributed by atoms with van der Waals surface area (Å²) in [5.74, 6) is 1.13. The third-order valence-electron chi connectivity index (χ3n) is 4.17. The van der Waals surface area contributed by atoms with Crippen molar-refractivity contribution in [1.29, 1.82) is 0 Å². The maximum absolute atomic E-state index is 12.3. The summed E-state index contributed by atoms with van der Waals surface area (Å²) in [5, 5.41) is 0. The van der Waals surface area contributed by atoms with Crippen molar-refractivity contribution in [3.05, 3.63) is 33.4 Å². The number of hydrogen-bond donors (Lipinski definition) is 0. The Labute approximate surface area is 136 Å². The molecular formula is C17H24INO. The number of carbonyl (C=O) groups is 1. The molecule has 20 heavy (non-hydrogen) atoms. The van der Waals surface area contributed by atoms with Gasteiger partial charge in [-0.1, -0.05) is 31.9 Å². The van der Waals surface area contributed by atoms with E-state index in [-0.39, 0.29) is 5.78 Å². The largest absolute Gasteiger partial charge is 0.296 e. The molecule has 110 valence electrons. The van der Waals surface area contributed by atoms with Gasteiger partial charge in [0.2, 0.25) is 0 Å². The Morgan fingerprint density at radius 1 is 1.25 bits per heavy atom. The third kappa shape index (κ3) is 4.85. The van der Waals surface area contributed by atoms with Gasteiger partial charge in [0, 0.05) is 9.13 Å². The second kappa shape index (κ2) is 8.13. The molecule has 1 saturated heterocycles. The molecule has 0 radical (unpaired) electrons. The average molecular weight is 385 g/mol. The van der Waals surface area contributed by atoms with Crippen LogP contribution in [-0.2, 0) is 0 Å². The SMILES string of the molecule is CCCC1CCCN(CC(=O)c2ccc(I)cc2)CC1. The van der Waals surface area contributed by atoms with Crippen LogP contribution in [0.2, 0.25) is 0 Å². The van der Waals surface area contributed by atoms with E-state index in [2.05, 4.69) is 34.4 Å². The number of hydrogen-bond acceptors (Lipinski definition) is 2. The van der Waals surface area contributed by atoms with E-state index in [0.29, 0.717) is 6.54 Å². The fourth-order valence-corrected chi connectivity index (χ4v) is 3.37. The fraction of sp³-hybridized carbons (Fsp3) is 0.588. The standard InChI is InChI=1S/C17H24INO/c1-2-4-14-5-3-11-19(12-10-14)13-17(20)15-6-8-16(18)9-7-15/h6-9,14H,2-5,10-13H2,1H3. The summed E-state index contributed by atoms with van der Waals surface area (Å²) < 4.78 is 1.18. The zero-order chi connectivity index (χ0) is 14.4. The maximum atomic E-state index is 12.3. The number of nitrogens with zero attached hydrogens (tertiary/aromatic N) is 1. The Balaban J connectivity index is 1.86. The summed E-state index contributed by atoms with van der Waals surface area (Å²) in [6, 6.07) is 7.91. The van der Waals surface area contributed by atoms with Crippen LogP contribution in [0, 0.1) is 9.49 Å². The first kappa shape index (κ1) is 16.0. The third-order valence-corrected chi connectivity index (χ3v) is 4.89. The highest BCUT2D eigenvalue weighted by Crippen LogP contribution is 2.22. The van der Waals surface area contributed by atoms with Gasteiger partial charge in [-0.25, -0.2) is 0 Å². The van der Waals surface area contributed by atoms with Crippen molar-refractivity contribution >= 4 is 28.4 Å². The molecule has 2 rings (SSSR count). The summed E-state index contributed by atoms with van der Waals surface area (Å²) in [5.41, 5.74) is 0.847. The Bertz CT molecular complexity index is 429. The molecule has 0 spiro atoms. The first-order valence-corrected chi connectivity index (χ1v) is 8.78. The molecule has 0 aliphatic carbocycles.